The zero-order valence-electron chi connectivity index (χ0n) is 19.4. The van der Waals surface area contributed by atoms with Crippen LogP contribution in [0.3, 0.4) is 0 Å². The zero-order chi connectivity index (χ0) is 22.8. The monoisotopic (exact) mass is 428 g/mol. The second-order valence-corrected chi connectivity index (χ2v) is 9.11. The summed E-state index contributed by atoms with van der Waals surface area (Å²) in [7, 11) is 0. The van der Waals surface area contributed by atoms with E-state index in [1.165, 1.54) is 11.1 Å². The van der Waals surface area contributed by atoms with Gasteiger partial charge >= 0.3 is 0 Å². The topological polar surface area (TPSA) is 71.2 Å². The number of aryl methyl sites for hydroxylation is 4. The van der Waals surface area contributed by atoms with Crippen LogP contribution in [-0.2, 0) is 0 Å². The first-order valence-corrected chi connectivity index (χ1v) is 11.3. The molecule has 5 nitrogen and oxygen atoms in total. The molecule has 0 aliphatic carbocycles. The number of amides is 1. The number of anilines is 2. The van der Waals surface area contributed by atoms with Crippen LogP contribution in [0.2, 0.25) is 0 Å². The van der Waals surface area contributed by atoms with Crippen LogP contribution in [0.1, 0.15) is 45.5 Å². The summed E-state index contributed by atoms with van der Waals surface area (Å²) in [5.74, 6) is -0.140. The van der Waals surface area contributed by atoms with Gasteiger partial charge in [0.2, 0.25) is 0 Å². The average Bonchev–Trinajstić information content (AvgIpc) is 2.72. The van der Waals surface area contributed by atoms with E-state index in [1.807, 2.05) is 32.2 Å². The summed E-state index contributed by atoms with van der Waals surface area (Å²) < 4.78 is 0. The molecule has 0 atom stereocenters. The predicted molar refractivity (Wildman–Crippen MR) is 132 cm³/mol. The van der Waals surface area contributed by atoms with Gasteiger partial charge in [-0.2, -0.15) is 0 Å². The largest absolute Gasteiger partial charge is 0.370 e. The molecule has 5 heteroatoms. The standard InChI is InChI=1S/C27H32N4O/c1-17-9-18(2)12-21(11-17)24-15-29-16-25(26(24)31-7-5-22(28)6-8-31)27(32)30-23-13-19(3)10-20(4)14-23/h9-16,22H,5-8,28H2,1-4H3,(H,30,32). The maximum atomic E-state index is 13.5. The fraction of sp³-hybridized carbons (Fsp3) is 0.333. The summed E-state index contributed by atoms with van der Waals surface area (Å²) in [6.45, 7) is 9.92. The van der Waals surface area contributed by atoms with Crippen molar-refractivity contribution in [2.24, 2.45) is 5.73 Å². The molecule has 1 aromatic heterocycles. The van der Waals surface area contributed by atoms with Crippen molar-refractivity contribution in [3.05, 3.63) is 76.6 Å². The van der Waals surface area contributed by atoms with Gasteiger partial charge in [-0.05, 0) is 69.4 Å². The molecule has 3 N–H and O–H groups in total. The summed E-state index contributed by atoms with van der Waals surface area (Å²) in [5.41, 5.74) is 15.2. The lowest BCUT2D eigenvalue weighted by atomic mass is 9.96. The fourth-order valence-corrected chi connectivity index (χ4v) is 4.67. The highest BCUT2D eigenvalue weighted by molar-refractivity contribution is 6.10. The Labute approximate surface area is 190 Å². The molecule has 1 amide bonds. The number of aromatic nitrogens is 1. The highest BCUT2D eigenvalue weighted by atomic mass is 16.1. The molecule has 0 spiro atoms. The minimum Gasteiger partial charge on any atom is -0.370 e. The molecule has 0 radical (unpaired) electrons. The van der Waals surface area contributed by atoms with E-state index in [-0.39, 0.29) is 11.9 Å². The van der Waals surface area contributed by atoms with Crippen molar-refractivity contribution >= 4 is 17.3 Å². The van der Waals surface area contributed by atoms with Gasteiger partial charge in [0, 0.05) is 42.8 Å². The smallest absolute Gasteiger partial charge is 0.259 e. The van der Waals surface area contributed by atoms with Gasteiger partial charge in [-0.15, -0.1) is 0 Å². The number of carbonyl (C=O) groups is 1. The SMILES string of the molecule is Cc1cc(C)cc(NC(=O)c2cncc(-c3cc(C)cc(C)c3)c2N2CCC(N)CC2)c1. The molecule has 1 saturated heterocycles. The van der Waals surface area contributed by atoms with Crippen molar-refractivity contribution in [3.8, 4) is 11.1 Å². The number of hydrogen-bond acceptors (Lipinski definition) is 4. The number of carbonyl (C=O) groups excluding carboxylic acids is 1. The van der Waals surface area contributed by atoms with Crippen LogP contribution in [0.4, 0.5) is 11.4 Å². The van der Waals surface area contributed by atoms with Crippen molar-refractivity contribution in [2.75, 3.05) is 23.3 Å². The molecule has 2 heterocycles. The molecule has 0 saturated carbocycles. The Morgan fingerprint density at radius 2 is 1.47 bits per heavy atom. The number of benzene rings is 2. The number of nitrogens with two attached hydrogens (primary N) is 1. The normalized spacial score (nSPS) is 14.5. The Hall–Kier alpha value is -3.18. The molecule has 0 bridgehead atoms. The number of nitrogens with zero attached hydrogens (tertiary/aromatic N) is 2. The van der Waals surface area contributed by atoms with Crippen LogP contribution < -0.4 is 16.0 Å². The van der Waals surface area contributed by atoms with Gasteiger partial charge in [0.1, 0.15) is 0 Å². The maximum absolute atomic E-state index is 13.5. The number of piperidine rings is 1. The Bertz CT molecular complexity index is 1110. The Kier molecular flexibility index (Phi) is 6.28. The van der Waals surface area contributed by atoms with E-state index in [4.69, 9.17) is 5.73 Å². The number of rotatable bonds is 4. The summed E-state index contributed by atoms with van der Waals surface area (Å²) in [4.78, 5) is 20.3. The first-order valence-electron chi connectivity index (χ1n) is 11.3. The molecule has 1 aliphatic heterocycles. The molecule has 32 heavy (non-hydrogen) atoms. The first-order chi connectivity index (χ1) is 15.3. The number of pyridine rings is 1. The third-order valence-electron chi connectivity index (χ3n) is 6.03. The first kappa shape index (κ1) is 22.0. The third kappa shape index (κ3) is 4.83. The van der Waals surface area contributed by atoms with Crippen molar-refractivity contribution in [2.45, 2.75) is 46.6 Å². The molecule has 1 aliphatic rings. The van der Waals surface area contributed by atoms with Crippen LogP contribution in [-0.4, -0.2) is 30.0 Å². The van der Waals surface area contributed by atoms with Gasteiger partial charge < -0.3 is 16.0 Å². The second-order valence-electron chi connectivity index (χ2n) is 9.11. The number of hydrogen-bond donors (Lipinski definition) is 2. The van der Waals surface area contributed by atoms with E-state index in [1.54, 1.807) is 6.20 Å². The summed E-state index contributed by atoms with van der Waals surface area (Å²) >= 11 is 0. The van der Waals surface area contributed by atoms with Gasteiger partial charge in [-0.1, -0.05) is 35.4 Å². The Morgan fingerprint density at radius 3 is 2.06 bits per heavy atom. The molecule has 3 aromatic rings. The predicted octanol–water partition coefficient (Wildman–Crippen LogP) is 5.16. The molecule has 166 valence electrons. The molecular formula is C27H32N4O. The lowest BCUT2D eigenvalue weighted by Gasteiger charge is -2.34. The van der Waals surface area contributed by atoms with Gasteiger partial charge in [0.25, 0.3) is 5.91 Å². The maximum Gasteiger partial charge on any atom is 0.259 e. The van der Waals surface area contributed by atoms with E-state index in [2.05, 4.69) is 53.3 Å². The lowest BCUT2D eigenvalue weighted by molar-refractivity contribution is 0.102. The quantitative estimate of drug-likeness (QED) is 0.602. The number of nitrogens with one attached hydrogen (secondary N) is 1. The minimum absolute atomic E-state index is 0.140. The van der Waals surface area contributed by atoms with E-state index in [9.17, 15) is 4.79 Å². The molecular weight excluding hydrogens is 396 g/mol. The van der Waals surface area contributed by atoms with E-state index < -0.39 is 0 Å². The minimum atomic E-state index is -0.140. The highest BCUT2D eigenvalue weighted by Crippen LogP contribution is 2.36. The van der Waals surface area contributed by atoms with Crippen molar-refractivity contribution in [1.29, 1.82) is 0 Å². The van der Waals surface area contributed by atoms with Crippen LogP contribution >= 0.6 is 0 Å². The molecule has 1 fully saturated rings. The molecule has 0 unspecified atom stereocenters. The van der Waals surface area contributed by atoms with Crippen LogP contribution in [0.15, 0.2) is 48.8 Å². The van der Waals surface area contributed by atoms with Crippen LogP contribution in [0.5, 0.6) is 0 Å². The average molecular weight is 429 g/mol. The van der Waals surface area contributed by atoms with Gasteiger partial charge in [-0.3, -0.25) is 9.78 Å². The highest BCUT2D eigenvalue weighted by Gasteiger charge is 2.25. The zero-order valence-corrected chi connectivity index (χ0v) is 19.4. The van der Waals surface area contributed by atoms with Gasteiger partial charge in [0.15, 0.2) is 0 Å². The van der Waals surface area contributed by atoms with Crippen molar-refractivity contribution in [1.82, 2.24) is 4.98 Å². The second kappa shape index (κ2) is 9.13. The third-order valence-corrected chi connectivity index (χ3v) is 6.03. The van der Waals surface area contributed by atoms with E-state index in [0.717, 1.165) is 59.6 Å². The van der Waals surface area contributed by atoms with Crippen LogP contribution in [0.25, 0.3) is 11.1 Å². The van der Waals surface area contributed by atoms with E-state index in [0.29, 0.717) is 5.56 Å². The molecule has 2 aromatic carbocycles. The summed E-state index contributed by atoms with van der Waals surface area (Å²) in [6.07, 6.45) is 5.39. The fourth-order valence-electron chi connectivity index (χ4n) is 4.67. The van der Waals surface area contributed by atoms with Crippen LogP contribution in [0, 0.1) is 27.7 Å². The van der Waals surface area contributed by atoms with Gasteiger partial charge in [-0.25, -0.2) is 0 Å². The Morgan fingerprint density at radius 1 is 0.906 bits per heavy atom. The summed E-state index contributed by atoms with van der Waals surface area (Å²) in [5, 5.41) is 3.10. The lowest BCUT2D eigenvalue weighted by Crippen LogP contribution is -2.40. The van der Waals surface area contributed by atoms with E-state index >= 15 is 0 Å². The van der Waals surface area contributed by atoms with Gasteiger partial charge in [0.05, 0.1) is 11.3 Å². The Balaban J connectivity index is 1.80. The van der Waals surface area contributed by atoms with Crippen molar-refractivity contribution in [3.63, 3.8) is 0 Å². The summed E-state index contributed by atoms with van der Waals surface area (Å²) in [6, 6.07) is 12.8. The molecule has 4 rings (SSSR count). The van der Waals surface area contributed by atoms with Crippen molar-refractivity contribution < 1.29 is 4.79 Å².